The second kappa shape index (κ2) is 8.71. The van der Waals surface area contributed by atoms with Crippen LogP contribution in [0.25, 0.3) is 11.4 Å². The summed E-state index contributed by atoms with van der Waals surface area (Å²) >= 11 is 1.31. The van der Waals surface area contributed by atoms with Crippen LogP contribution in [0.5, 0.6) is 0 Å². The van der Waals surface area contributed by atoms with Gasteiger partial charge in [0.15, 0.2) is 11.0 Å². The van der Waals surface area contributed by atoms with E-state index in [1.807, 2.05) is 36.7 Å². The van der Waals surface area contributed by atoms with Crippen LogP contribution in [-0.2, 0) is 11.8 Å². The van der Waals surface area contributed by atoms with Crippen molar-refractivity contribution in [1.29, 1.82) is 0 Å². The average molecular weight is 422 g/mol. The Morgan fingerprint density at radius 2 is 1.93 bits per heavy atom. The molecule has 0 bridgehead atoms. The highest BCUT2D eigenvalue weighted by Crippen LogP contribution is 2.24. The predicted molar refractivity (Wildman–Crippen MR) is 117 cm³/mol. The highest BCUT2D eigenvalue weighted by atomic mass is 32.2. The highest BCUT2D eigenvalue weighted by Gasteiger charge is 2.25. The van der Waals surface area contributed by atoms with E-state index in [2.05, 4.69) is 26.9 Å². The molecule has 2 N–H and O–H groups in total. The summed E-state index contributed by atoms with van der Waals surface area (Å²) < 4.78 is 1.88. The van der Waals surface area contributed by atoms with Gasteiger partial charge < -0.3 is 15.2 Å². The third-order valence-electron chi connectivity index (χ3n) is 4.80. The Balaban J connectivity index is 1.40. The molecule has 1 aliphatic carbocycles. The zero-order valence-corrected chi connectivity index (χ0v) is 17.7. The van der Waals surface area contributed by atoms with Crippen LogP contribution >= 0.6 is 11.8 Å². The van der Waals surface area contributed by atoms with Gasteiger partial charge >= 0.3 is 0 Å². The van der Waals surface area contributed by atoms with Gasteiger partial charge in [0.05, 0.1) is 17.0 Å². The maximum atomic E-state index is 12.5. The van der Waals surface area contributed by atoms with Crippen LogP contribution in [0.4, 0.5) is 5.69 Å². The number of anilines is 1. The minimum absolute atomic E-state index is 0.155. The van der Waals surface area contributed by atoms with E-state index in [1.165, 1.54) is 11.8 Å². The molecule has 0 saturated heterocycles. The van der Waals surface area contributed by atoms with Crippen molar-refractivity contribution >= 4 is 29.3 Å². The van der Waals surface area contributed by atoms with E-state index in [9.17, 15) is 9.59 Å². The Morgan fingerprint density at radius 3 is 2.70 bits per heavy atom. The van der Waals surface area contributed by atoms with Gasteiger partial charge in [-0.15, -0.1) is 10.2 Å². The van der Waals surface area contributed by atoms with Crippen molar-refractivity contribution < 1.29 is 9.59 Å². The van der Waals surface area contributed by atoms with Crippen molar-refractivity contribution in [3.63, 3.8) is 0 Å². The largest absolute Gasteiger partial charge is 0.349 e. The molecule has 3 aromatic rings. The van der Waals surface area contributed by atoms with Crippen LogP contribution in [0, 0.1) is 6.92 Å². The van der Waals surface area contributed by atoms with Crippen LogP contribution in [0.2, 0.25) is 0 Å². The van der Waals surface area contributed by atoms with Crippen molar-refractivity contribution in [3.05, 3.63) is 59.7 Å². The maximum Gasteiger partial charge on any atom is 0.253 e. The standard InChI is InChI=1S/C22H23N5O2S/c1-14-6-5-7-15(12-14)20-25-26-22(27(20)2)30-13-19(28)24-18-9-4-3-8-17(18)21(29)23-16-10-11-16/h3-9,12,16H,10-11,13H2,1-2H3,(H,23,29)(H,24,28). The van der Waals surface area contributed by atoms with E-state index in [1.54, 1.807) is 24.3 Å². The van der Waals surface area contributed by atoms with Crippen molar-refractivity contribution in [1.82, 2.24) is 20.1 Å². The van der Waals surface area contributed by atoms with Crippen LogP contribution in [0.3, 0.4) is 0 Å². The maximum absolute atomic E-state index is 12.5. The quantitative estimate of drug-likeness (QED) is 0.571. The monoisotopic (exact) mass is 421 g/mol. The summed E-state index contributed by atoms with van der Waals surface area (Å²) in [5, 5.41) is 14.9. The predicted octanol–water partition coefficient (Wildman–Crippen LogP) is 3.41. The van der Waals surface area contributed by atoms with Gasteiger partial charge in [-0.05, 0) is 38.0 Å². The SMILES string of the molecule is Cc1cccc(-c2nnc(SCC(=O)Nc3ccccc3C(=O)NC3CC3)n2C)c1. The number of hydrogen-bond acceptors (Lipinski definition) is 5. The normalized spacial score (nSPS) is 13.1. The smallest absolute Gasteiger partial charge is 0.253 e. The average Bonchev–Trinajstić information content (AvgIpc) is 3.47. The first-order valence-electron chi connectivity index (χ1n) is 9.80. The number of carbonyl (C=O) groups excluding carboxylic acids is 2. The topological polar surface area (TPSA) is 88.9 Å². The Morgan fingerprint density at radius 1 is 1.13 bits per heavy atom. The zero-order chi connectivity index (χ0) is 21.1. The molecule has 7 nitrogen and oxygen atoms in total. The lowest BCUT2D eigenvalue weighted by Gasteiger charge is -2.11. The molecule has 1 saturated carbocycles. The number of carbonyl (C=O) groups is 2. The highest BCUT2D eigenvalue weighted by molar-refractivity contribution is 7.99. The van der Waals surface area contributed by atoms with Gasteiger partial charge in [0.2, 0.25) is 5.91 Å². The Hall–Kier alpha value is -3.13. The van der Waals surface area contributed by atoms with E-state index in [0.717, 1.165) is 29.8 Å². The summed E-state index contributed by atoms with van der Waals surface area (Å²) in [5.41, 5.74) is 3.12. The molecular weight excluding hydrogens is 398 g/mol. The Labute approximate surface area is 179 Å². The fourth-order valence-corrected chi connectivity index (χ4v) is 3.78. The molecule has 1 aliphatic rings. The number of thioether (sulfide) groups is 1. The summed E-state index contributed by atoms with van der Waals surface area (Å²) in [6, 6.07) is 15.4. The number of nitrogens with one attached hydrogen (secondary N) is 2. The number of aryl methyl sites for hydroxylation is 1. The molecule has 0 aliphatic heterocycles. The second-order valence-electron chi connectivity index (χ2n) is 7.36. The Kier molecular flexibility index (Phi) is 5.85. The zero-order valence-electron chi connectivity index (χ0n) is 16.9. The first-order valence-corrected chi connectivity index (χ1v) is 10.8. The molecule has 1 aromatic heterocycles. The molecule has 8 heteroatoms. The fourth-order valence-electron chi connectivity index (χ4n) is 3.07. The molecule has 0 atom stereocenters. The molecule has 4 rings (SSSR count). The Bertz CT molecular complexity index is 1090. The van der Waals surface area contributed by atoms with Crippen molar-refractivity contribution in [2.24, 2.45) is 7.05 Å². The van der Waals surface area contributed by atoms with Crippen LogP contribution < -0.4 is 10.6 Å². The molecule has 154 valence electrons. The number of aromatic nitrogens is 3. The van der Waals surface area contributed by atoms with E-state index in [4.69, 9.17) is 0 Å². The van der Waals surface area contributed by atoms with Gasteiger partial charge in [-0.25, -0.2) is 0 Å². The molecule has 1 fully saturated rings. The van der Waals surface area contributed by atoms with Gasteiger partial charge in [-0.3, -0.25) is 9.59 Å². The van der Waals surface area contributed by atoms with Gasteiger partial charge in [0.25, 0.3) is 5.91 Å². The van der Waals surface area contributed by atoms with E-state index >= 15 is 0 Å². The molecular formula is C22H23N5O2S. The number of hydrogen-bond donors (Lipinski definition) is 2. The first-order chi connectivity index (χ1) is 14.5. The lowest BCUT2D eigenvalue weighted by Crippen LogP contribution is -2.27. The van der Waals surface area contributed by atoms with E-state index < -0.39 is 0 Å². The first kappa shape index (κ1) is 20.2. The number of rotatable bonds is 7. The van der Waals surface area contributed by atoms with E-state index in [0.29, 0.717) is 16.4 Å². The summed E-state index contributed by atoms with van der Waals surface area (Å²) in [6.45, 7) is 2.03. The summed E-state index contributed by atoms with van der Waals surface area (Å²) in [6.07, 6.45) is 2.03. The fraction of sp³-hybridized carbons (Fsp3) is 0.273. The molecule has 30 heavy (non-hydrogen) atoms. The lowest BCUT2D eigenvalue weighted by atomic mass is 10.1. The third-order valence-corrected chi connectivity index (χ3v) is 5.82. The third kappa shape index (κ3) is 4.71. The lowest BCUT2D eigenvalue weighted by molar-refractivity contribution is -0.113. The molecule has 1 heterocycles. The van der Waals surface area contributed by atoms with Crippen LogP contribution in [0.1, 0.15) is 28.8 Å². The van der Waals surface area contributed by atoms with E-state index in [-0.39, 0.29) is 23.6 Å². The molecule has 2 aromatic carbocycles. The van der Waals surface area contributed by atoms with Crippen LogP contribution in [0.15, 0.2) is 53.7 Å². The number of nitrogens with zero attached hydrogens (tertiary/aromatic N) is 3. The number of para-hydroxylation sites is 1. The van der Waals surface area contributed by atoms with Gasteiger partial charge in [-0.1, -0.05) is 47.7 Å². The summed E-state index contributed by atoms with van der Waals surface area (Å²) in [4.78, 5) is 24.9. The van der Waals surface area contributed by atoms with Crippen molar-refractivity contribution in [2.45, 2.75) is 31.0 Å². The number of amides is 2. The minimum Gasteiger partial charge on any atom is -0.349 e. The van der Waals surface area contributed by atoms with Gasteiger partial charge in [0, 0.05) is 18.7 Å². The van der Waals surface area contributed by atoms with Crippen molar-refractivity contribution in [2.75, 3.05) is 11.1 Å². The van der Waals surface area contributed by atoms with Crippen LogP contribution in [-0.4, -0.2) is 38.4 Å². The summed E-state index contributed by atoms with van der Waals surface area (Å²) in [5.74, 6) is 0.561. The molecule has 2 amide bonds. The molecule has 0 spiro atoms. The summed E-state index contributed by atoms with van der Waals surface area (Å²) in [7, 11) is 1.88. The molecule has 0 unspecified atom stereocenters. The van der Waals surface area contributed by atoms with Gasteiger partial charge in [-0.2, -0.15) is 0 Å². The molecule has 0 radical (unpaired) electrons. The second-order valence-corrected chi connectivity index (χ2v) is 8.31. The van der Waals surface area contributed by atoms with Gasteiger partial charge in [0.1, 0.15) is 0 Å². The number of benzene rings is 2. The minimum atomic E-state index is -0.202. The van der Waals surface area contributed by atoms with Crippen molar-refractivity contribution in [3.8, 4) is 11.4 Å².